The van der Waals surface area contributed by atoms with Gasteiger partial charge in [-0.05, 0) is 49.6 Å². The van der Waals surface area contributed by atoms with Crippen LogP contribution in [-0.4, -0.2) is 25.4 Å². The van der Waals surface area contributed by atoms with E-state index < -0.39 is 5.91 Å². The number of nitrogens with two attached hydrogens (primary N) is 1. The molecule has 142 valence electrons. The first-order chi connectivity index (χ1) is 14.2. The second kappa shape index (κ2) is 5.98. The smallest absolute Gasteiger partial charge is 0.249 e. The minimum Gasteiger partial charge on any atom is -0.366 e. The van der Waals surface area contributed by atoms with Crippen molar-refractivity contribution in [2.45, 2.75) is 31.2 Å². The Kier molecular flexibility index (Phi) is 3.38. The van der Waals surface area contributed by atoms with Crippen LogP contribution >= 0.6 is 0 Å². The summed E-state index contributed by atoms with van der Waals surface area (Å²) in [5.41, 5.74) is 10.7. The normalized spacial score (nSPS) is 19.6. The third-order valence-electron chi connectivity index (χ3n) is 6.26. The van der Waals surface area contributed by atoms with E-state index in [2.05, 4.69) is 20.6 Å². The van der Waals surface area contributed by atoms with Crippen molar-refractivity contribution in [2.75, 3.05) is 0 Å². The number of benzene rings is 1. The first-order valence-electron chi connectivity index (χ1n) is 9.93. The van der Waals surface area contributed by atoms with Gasteiger partial charge in [-0.25, -0.2) is 4.98 Å². The molecule has 6 nitrogen and oxygen atoms in total. The molecule has 1 amide bonds. The number of rotatable bonds is 3. The molecule has 2 atom stereocenters. The van der Waals surface area contributed by atoms with Gasteiger partial charge >= 0.3 is 0 Å². The maximum absolute atomic E-state index is 12.0. The van der Waals surface area contributed by atoms with Crippen LogP contribution in [0.2, 0.25) is 0 Å². The van der Waals surface area contributed by atoms with Crippen molar-refractivity contribution in [3.05, 3.63) is 66.2 Å². The fourth-order valence-corrected chi connectivity index (χ4v) is 5.00. The van der Waals surface area contributed by atoms with Crippen LogP contribution in [0.1, 0.15) is 47.4 Å². The van der Waals surface area contributed by atoms with Crippen LogP contribution in [0.3, 0.4) is 0 Å². The van der Waals surface area contributed by atoms with Gasteiger partial charge < -0.3 is 10.3 Å². The molecule has 1 aliphatic heterocycles. The highest BCUT2D eigenvalue weighted by atomic mass is 16.1. The van der Waals surface area contributed by atoms with Gasteiger partial charge in [-0.1, -0.05) is 12.1 Å². The number of carbonyl (C=O) groups is 1. The third kappa shape index (κ3) is 2.35. The van der Waals surface area contributed by atoms with E-state index in [9.17, 15) is 4.79 Å². The molecule has 0 saturated heterocycles. The number of aromatic nitrogens is 4. The Labute approximate surface area is 167 Å². The Bertz CT molecular complexity index is 1280. The monoisotopic (exact) mass is 381 g/mol. The largest absolute Gasteiger partial charge is 0.366 e. The highest BCUT2D eigenvalue weighted by Gasteiger charge is 2.41. The Morgan fingerprint density at radius 2 is 2.00 bits per heavy atom. The summed E-state index contributed by atoms with van der Waals surface area (Å²) < 4.78 is 2.40. The predicted molar refractivity (Wildman–Crippen MR) is 110 cm³/mol. The lowest BCUT2D eigenvalue weighted by atomic mass is 10.0. The second-order valence-electron chi connectivity index (χ2n) is 7.87. The molecule has 3 aromatic heterocycles. The van der Waals surface area contributed by atoms with E-state index in [1.807, 2.05) is 30.3 Å². The van der Waals surface area contributed by atoms with Crippen molar-refractivity contribution in [1.82, 2.24) is 19.5 Å². The van der Waals surface area contributed by atoms with Gasteiger partial charge in [-0.15, -0.1) is 0 Å². The summed E-state index contributed by atoms with van der Waals surface area (Å²) in [6.07, 6.45) is 6.98. The van der Waals surface area contributed by atoms with Gasteiger partial charge in [0, 0.05) is 35.3 Å². The molecule has 2 bridgehead atoms. The summed E-state index contributed by atoms with van der Waals surface area (Å²) in [6, 6.07) is 14.1. The van der Waals surface area contributed by atoms with Gasteiger partial charge in [-0.3, -0.25) is 14.8 Å². The number of nitrogens with zero attached hydrogens (tertiary/aromatic N) is 4. The van der Waals surface area contributed by atoms with E-state index in [0.29, 0.717) is 17.5 Å². The Hall–Kier alpha value is -3.54. The molecule has 1 saturated carbocycles. The number of pyridine rings is 2. The van der Waals surface area contributed by atoms with Crippen molar-refractivity contribution >= 4 is 16.8 Å². The van der Waals surface area contributed by atoms with Gasteiger partial charge in [0.1, 0.15) is 11.5 Å². The molecule has 0 spiro atoms. The van der Waals surface area contributed by atoms with Gasteiger partial charge in [-0.2, -0.15) is 0 Å². The standard InChI is InChI=1S/C23H19N5O/c24-22(29)16-8-10-26-18-7-5-13(12-17(16)18)21-20(19-3-1-2-9-25-19)27-23-14-4-6-15(11-14)28(21)23/h1-3,5,7-10,12,14-15H,4,6,11H2,(H2,24,29). The predicted octanol–water partition coefficient (Wildman–Crippen LogP) is 4.08. The van der Waals surface area contributed by atoms with Crippen molar-refractivity contribution in [3.63, 3.8) is 0 Å². The van der Waals surface area contributed by atoms with Crippen LogP contribution in [0, 0.1) is 0 Å². The summed E-state index contributed by atoms with van der Waals surface area (Å²) in [5, 5.41) is 0.767. The highest BCUT2D eigenvalue weighted by Crippen LogP contribution is 2.52. The summed E-state index contributed by atoms with van der Waals surface area (Å²) in [7, 11) is 0. The summed E-state index contributed by atoms with van der Waals surface area (Å²) in [6.45, 7) is 0. The summed E-state index contributed by atoms with van der Waals surface area (Å²) in [5.74, 6) is 1.25. The van der Waals surface area contributed by atoms with Gasteiger partial charge in [0.2, 0.25) is 5.91 Å². The molecule has 1 aromatic carbocycles. The highest BCUT2D eigenvalue weighted by molar-refractivity contribution is 6.06. The van der Waals surface area contributed by atoms with E-state index in [-0.39, 0.29) is 0 Å². The zero-order valence-corrected chi connectivity index (χ0v) is 15.7. The van der Waals surface area contributed by atoms with Crippen molar-refractivity contribution in [2.24, 2.45) is 5.73 Å². The van der Waals surface area contributed by atoms with E-state index in [1.54, 1.807) is 18.5 Å². The molecule has 6 rings (SSSR count). The van der Waals surface area contributed by atoms with Gasteiger partial charge in [0.25, 0.3) is 0 Å². The average Bonchev–Trinajstić information content (AvgIpc) is 3.46. The molecule has 4 aromatic rings. The van der Waals surface area contributed by atoms with Crippen LogP contribution in [0.15, 0.2) is 54.9 Å². The SMILES string of the molecule is NC(=O)c1ccnc2ccc(-c3c(-c4ccccn4)nc4n3C3CCC4C3)cc12. The fraction of sp³-hybridized carbons (Fsp3) is 0.217. The number of fused-ring (bicyclic) bond motifs is 6. The van der Waals surface area contributed by atoms with Crippen LogP contribution in [0.4, 0.5) is 0 Å². The number of carbonyl (C=O) groups excluding carboxylic acids is 1. The van der Waals surface area contributed by atoms with E-state index in [4.69, 9.17) is 10.7 Å². The van der Waals surface area contributed by atoms with E-state index >= 15 is 0 Å². The van der Waals surface area contributed by atoms with Crippen molar-refractivity contribution in [3.8, 4) is 22.6 Å². The molecule has 2 N–H and O–H groups in total. The minimum absolute atomic E-state index is 0.447. The van der Waals surface area contributed by atoms with E-state index in [0.717, 1.165) is 33.5 Å². The lowest BCUT2D eigenvalue weighted by Crippen LogP contribution is -2.12. The first kappa shape index (κ1) is 16.4. The number of amides is 1. The second-order valence-corrected chi connectivity index (χ2v) is 7.87. The summed E-state index contributed by atoms with van der Waals surface area (Å²) in [4.78, 5) is 26.0. The maximum Gasteiger partial charge on any atom is 0.249 e. The maximum atomic E-state index is 12.0. The molecular weight excluding hydrogens is 362 g/mol. The molecule has 2 aliphatic rings. The van der Waals surface area contributed by atoms with Crippen molar-refractivity contribution < 1.29 is 4.79 Å². The lowest BCUT2D eigenvalue weighted by molar-refractivity contribution is 0.100. The van der Waals surface area contributed by atoms with Crippen LogP contribution in [0.25, 0.3) is 33.5 Å². The molecule has 6 heteroatoms. The number of imidazole rings is 1. The Morgan fingerprint density at radius 3 is 2.83 bits per heavy atom. The Morgan fingerprint density at radius 1 is 1.07 bits per heavy atom. The number of hydrogen-bond donors (Lipinski definition) is 1. The van der Waals surface area contributed by atoms with Gasteiger partial charge in [0.15, 0.2) is 0 Å². The van der Waals surface area contributed by atoms with Crippen molar-refractivity contribution in [1.29, 1.82) is 0 Å². The zero-order chi connectivity index (χ0) is 19.5. The quantitative estimate of drug-likeness (QED) is 0.579. The molecule has 4 heterocycles. The zero-order valence-electron chi connectivity index (χ0n) is 15.7. The third-order valence-corrected chi connectivity index (χ3v) is 6.26. The number of primary amides is 1. The molecule has 1 aliphatic carbocycles. The molecule has 29 heavy (non-hydrogen) atoms. The fourth-order valence-electron chi connectivity index (χ4n) is 5.00. The van der Waals surface area contributed by atoms with Gasteiger partial charge in [0.05, 0.1) is 22.5 Å². The molecule has 1 fully saturated rings. The number of hydrogen-bond acceptors (Lipinski definition) is 4. The molecular formula is C23H19N5O. The molecule has 0 radical (unpaired) electrons. The Balaban J connectivity index is 1.64. The van der Waals surface area contributed by atoms with E-state index in [1.165, 1.54) is 25.1 Å². The molecule has 2 unspecified atom stereocenters. The topological polar surface area (TPSA) is 86.7 Å². The minimum atomic E-state index is -0.447. The average molecular weight is 381 g/mol. The van der Waals surface area contributed by atoms with Crippen LogP contribution in [-0.2, 0) is 0 Å². The van der Waals surface area contributed by atoms with Crippen LogP contribution < -0.4 is 5.73 Å². The van der Waals surface area contributed by atoms with Crippen LogP contribution in [0.5, 0.6) is 0 Å². The first-order valence-corrected chi connectivity index (χ1v) is 9.93. The lowest BCUT2D eigenvalue weighted by Gasteiger charge is -2.17. The summed E-state index contributed by atoms with van der Waals surface area (Å²) >= 11 is 0.